The topological polar surface area (TPSA) is 18.5 Å². The van der Waals surface area contributed by atoms with Crippen molar-refractivity contribution in [2.24, 2.45) is 0 Å². The Morgan fingerprint density at radius 3 is 2.05 bits per heavy atom. The molecule has 0 fully saturated rings. The van der Waals surface area contributed by atoms with Gasteiger partial charge in [-0.3, -0.25) is 0 Å². The van der Waals surface area contributed by atoms with Crippen LogP contribution in [0.4, 0.5) is 17.6 Å². The molecule has 0 amide bonds. The zero-order valence-corrected chi connectivity index (χ0v) is 13.6. The van der Waals surface area contributed by atoms with Gasteiger partial charge in [0.1, 0.15) is 5.38 Å². The maximum Gasteiger partial charge on any atom is 0.327 e. The summed E-state index contributed by atoms with van der Waals surface area (Å²) in [5, 5.41) is -2.19. The number of benzene rings is 1. The third kappa shape index (κ3) is 4.16. The maximum atomic E-state index is 13.4. The fourth-order valence-electron chi connectivity index (χ4n) is 1.60. The quantitative estimate of drug-likeness (QED) is 0.454. The molecule has 21 heavy (non-hydrogen) atoms. The van der Waals surface area contributed by atoms with E-state index in [4.69, 9.17) is 21.1 Å². The highest BCUT2D eigenvalue weighted by Gasteiger charge is 2.49. The van der Waals surface area contributed by atoms with E-state index >= 15 is 0 Å². The molecule has 2 nitrogen and oxygen atoms in total. The Hall–Kier alpha value is -0.690. The van der Waals surface area contributed by atoms with Gasteiger partial charge in [0.15, 0.2) is 11.5 Å². The van der Waals surface area contributed by atoms with Crippen LogP contribution in [0.2, 0.25) is 0 Å². The third-order valence-electron chi connectivity index (χ3n) is 2.56. The lowest BCUT2D eigenvalue weighted by Gasteiger charge is -2.23. The molecule has 1 rings (SSSR count). The summed E-state index contributed by atoms with van der Waals surface area (Å²) in [7, 11) is 0. The van der Waals surface area contributed by atoms with Crippen molar-refractivity contribution in [1.82, 2.24) is 0 Å². The zero-order chi connectivity index (χ0) is 16.2. The van der Waals surface area contributed by atoms with Crippen molar-refractivity contribution in [3.63, 3.8) is 0 Å². The average Bonchev–Trinajstić information content (AvgIpc) is 2.41. The van der Waals surface area contributed by atoms with E-state index < -0.39 is 17.7 Å². The van der Waals surface area contributed by atoms with Crippen molar-refractivity contribution in [2.45, 2.75) is 31.6 Å². The fraction of sp³-hybridized carbons (Fsp3) is 0.538. The fourth-order valence-corrected chi connectivity index (χ4v) is 2.56. The second-order valence-corrected chi connectivity index (χ2v) is 5.32. The lowest BCUT2D eigenvalue weighted by atomic mass is 10.1. The summed E-state index contributed by atoms with van der Waals surface area (Å²) in [5.74, 6) is -3.87. The van der Waals surface area contributed by atoms with Gasteiger partial charge in [0, 0.05) is 4.47 Å². The molecular formula is C13H14BrClF4O2. The monoisotopic (exact) mass is 392 g/mol. The highest BCUT2D eigenvalue weighted by Crippen LogP contribution is 2.46. The molecule has 120 valence electrons. The molecule has 0 bridgehead atoms. The van der Waals surface area contributed by atoms with E-state index in [0.29, 0.717) is 12.4 Å². The van der Waals surface area contributed by atoms with Crippen LogP contribution in [0.15, 0.2) is 16.6 Å². The predicted octanol–water partition coefficient (Wildman–Crippen LogP) is 5.43. The Morgan fingerprint density at radius 1 is 1.14 bits per heavy atom. The molecule has 0 heterocycles. The van der Waals surface area contributed by atoms with Gasteiger partial charge < -0.3 is 9.47 Å². The SMILES string of the molecule is CCOc1cc(Br)c(C(Cl)C(F)(F)C(F)F)cc1OCC. The molecule has 0 aliphatic heterocycles. The lowest BCUT2D eigenvalue weighted by molar-refractivity contribution is -0.130. The van der Waals surface area contributed by atoms with E-state index in [1.165, 1.54) is 12.1 Å². The molecule has 0 saturated heterocycles. The Labute approximate surface area is 133 Å². The molecule has 0 aliphatic carbocycles. The van der Waals surface area contributed by atoms with Gasteiger partial charge in [0.2, 0.25) is 0 Å². The molecule has 0 radical (unpaired) electrons. The summed E-state index contributed by atoms with van der Waals surface area (Å²) >= 11 is 8.59. The van der Waals surface area contributed by atoms with Gasteiger partial charge in [-0.05, 0) is 31.5 Å². The number of rotatable bonds is 7. The first-order valence-corrected chi connectivity index (χ1v) is 7.37. The van der Waals surface area contributed by atoms with Gasteiger partial charge >= 0.3 is 12.3 Å². The van der Waals surface area contributed by atoms with Crippen molar-refractivity contribution in [3.8, 4) is 11.5 Å². The number of ether oxygens (including phenoxy) is 2. The molecule has 0 aromatic heterocycles. The molecular weight excluding hydrogens is 379 g/mol. The van der Waals surface area contributed by atoms with Gasteiger partial charge in [0.05, 0.1) is 13.2 Å². The molecule has 1 aromatic carbocycles. The van der Waals surface area contributed by atoms with E-state index in [0.717, 1.165) is 0 Å². The second-order valence-electron chi connectivity index (χ2n) is 4.02. The first-order valence-electron chi connectivity index (χ1n) is 6.14. The summed E-state index contributed by atoms with van der Waals surface area (Å²) < 4.78 is 62.4. The smallest absolute Gasteiger partial charge is 0.327 e. The molecule has 0 N–H and O–H groups in total. The normalized spacial score (nSPS) is 13.4. The average molecular weight is 394 g/mol. The van der Waals surface area contributed by atoms with Crippen LogP contribution in [0.5, 0.6) is 11.5 Å². The summed E-state index contributed by atoms with van der Waals surface area (Å²) in [6, 6.07) is 2.56. The zero-order valence-electron chi connectivity index (χ0n) is 11.3. The number of alkyl halides is 5. The molecule has 0 aliphatic rings. The van der Waals surface area contributed by atoms with Crippen LogP contribution in [0.25, 0.3) is 0 Å². The Bertz CT molecular complexity index is 485. The first kappa shape index (κ1) is 18.4. The summed E-state index contributed by atoms with van der Waals surface area (Å²) in [6.45, 7) is 4.04. The highest BCUT2D eigenvalue weighted by atomic mass is 79.9. The molecule has 1 unspecified atom stereocenters. The molecule has 1 aromatic rings. The minimum atomic E-state index is -4.36. The minimum Gasteiger partial charge on any atom is -0.490 e. The van der Waals surface area contributed by atoms with Gasteiger partial charge in [-0.2, -0.15) is 8.78 Å². The van der Waals surface area contributed by atoms with Gasteiger partial charge in [-0.25, -0.2) is 8.78 Å². The number of hydrogen-bond donors (Lipinski definition) is 0. The molecule has 0 saturated carbocycles. The number of halogens is 6. The summed E-state index contributed by atoms with van der Waals surface area (Å²) in [5.41, 5.74) is -0.186. The van der Waals surface area contributed by atoms with E-state index in [1.54, 1.807) is 13.8 Å². The van der Waals surface area contributed by atoms with Crippen LogP contribution in [-0.2, 0) is 0 Å². The van der Waals surface area contributed by atoms with Crippen LogP contribution >= 0.6 is 27.5 Å². The molecule has 8 heteroatoms. The van der Waals surface area contributed by atoms with E-state index in [9.17, 15) is 17.6 Å². The number of hydrogen-bond acceptors (Lipinski definition) is 2. The second kappa shape index (κ2) is 7.54. The largest absolute Gasteiger partial charge is 0.490 e. The first-order chi connectivity index (χ1) is 9.75. The van der Waals surface area contributed by atoms with Crippen LogP contribution in [0.1, 0.15) is 24.8 Å². The van der Waals surface area contributed by atoms with E-state index in [1.807, 2.05) is 0 Å². The summed E-state index contributed by atoms with van der Waals surface area (Å²) in [4.78, 5) is 0. The van der Waals surface area contributed by atoms with Gasteiger partial charge in [-0.15, -0.1) is 11.6 Å². The Kier molecular flexibility index (Phi) is 6.59. The Balaban J connectivity index is 3.27. The van der Waals surface area contributed by atoms with Crippen LogP contribution < -0.4 is 9.47 Å². The van der Waals surface area contributed by atoms with Crippen LogP contribution in [0.3, 0.4) is 0 Å². The van der Waals surface area contributed by atoms with Crippen molar-refractivity contribution in [2.75, 3.05) is 13.2 Å². The summed E-state index contributed by atoms with van der Waals surface area (Å²) in [6.07, 6.45) is -3.87. The molecule has 1 atom stereocenters. The third-order valence-corrected chi connectivity index (χ3v) is 3.78. The van der Waals surface area contributed by atoms with Gasteiger partial charge in [-0.1, -0.05) is 15.9 Å². The van der Waals surface area contributed by atoms with Crippen molar-refractivity contribution < 1.29 is 27.0 Å². The maximum absolute atomic E-state index is 13.4. The van der Waals surface area contributed by atoms with Crippen molar-refractivity contribution in [1.29, 1.82) is 0 Å². The Morgan fingerprint density at radius 2 is 1.62 bits per heavy atom. The predicted molar refractivity (Wildman–Crippen MR) is 76.0 cm³/mol. The van der Waals surface area contributed by atoms with Crippen LogP contribution in [0, 0.1) is 0 Å². The van der Waals surface area contributed by atoms with Crippen LogP contribution in [-0.4, -0.2) is 25.6 Å². The van der Waals surface area contributed by atoms with E-state index in [2.05, 4.69) is 15.9 Å². The molecule has 0 spiro atoms. The van der Waals surface area contributed by atoms with E-state index in [-0.39, 0.29) is 22.4 Å². The van der Waals surface area contributed by atoms with Crippen molar-refractivity contribution >= 4 is 27.5 Å². The minimum absolute atomic E-state index is 0.148. The highest BCUT2D eigenvalue weighted by molar-refractivity contribution is 9.10. The van der Waals surface area contributed by atoms with Gasteiger partial charge in [0.25, 0.3) is 0 Å². The lowest BCUT2D eigenvalue weighted by Crippen LogP contribution is -2.31. The standard InChI is InChI=1S/C13H14BrClF4O2/c1-3-20-9-5-7(8(14)6-10(9)21-4-2)11(15)13(18,19)12(16)17/h5-6,11-12H,3-4H2,1-2H3. The van der Waals surface area contributed by atoms with Crippen molar-refractivity contribution in [3.05, 3.63) is 22.2 Å².